The first kappa shape index (κ1) is 9.74. The normalized spacial score (nSPS) is 20.6. The molecule has 14 heavy (non-hydrogen) atoms. The lowest BCUT2D eigenvalue weighted by molar-refractivity contribution is 0.369. The zero-order valence-corrected chi connectivity index (χ0v) is 8.63. The molecule has 1 atom stereocenters. The summed E-state index contributed by atoms with van der Waals surface area (Å²) in [7, 11) is 0. The van der Waals surface area contributed by atoms with Crippen LogP contribution in [0.25, 0.3) is 0 Å². The summed E-state index contributed by atoms with van der Waals surface area (Å²) in [5.74, 6) is 0.415. The highest BCUT2D eigenvalue weighted by Crippen LogP contribution is 2.23. The van der Waals surface area contributed by atoms with Crippen molar-refractivity contribution in [1.29, 1.82) is 0 Å². The van der Waals surface area contributed by atoms with Gasteiger partial charge in [-0.05, 0) is 31.4 Å². The molecular formula is C10H13ClN2O. The van der Waals surface area contributed by atoms with E-state index in [1.165, 1.54) is 6.07 Å². The molecule has 1 aliphatic heterocycles. The topological polar surface area (TPSA) is 48.0 Å². The van der Waals surface area contributed by atoms with Crippen LogP contribution in [0.3, 0.4) is 0 Å². The van der Waals surface area contributed by atoms with E-state index in [0.29, 0.717) is 24.0 Å². The molecule has 1 unspecified atom stereocenters. The standard InChI is InChI=1S/C10H13ClN2O/c11-8-2-4-10(14)13-6-7(5-12)1-3-9(8)13/h2,4,7H,1,3,5-6,12H2. The van der Waals surface area contributed by atoms with Crippen LogP contribution < -0.4 is 11.3 Å². The van der Waals surface area contributed by atoms with E-state index in [-0.39, 0.29) is 5.56 Å². The van der Waals surface area contributed by atoms with Crippen molar-refractivity contribution in [3.05, 3.63) is 33.2 Å². The SMILES string of the molecule is NCC1CCc2c(Cl)ccc(=O)n2C1. The van der Waals surface area contributed by atoms with E-state index >= 15 is 0 Å². The van der Waals surface area contributed by atoms with E-state index in [4.69, 9.17) is 17.3 Å². The van der Waals surface area contributed by atoms with Crippen molar-refractivity contribution in [1.82, 2.24) is 4.57 Å². The van der Waals surface area contributed by atoms with E-state index < -0.39 is 0 Å². The fourth-order valence-corrected chi connectivity index (χ4v) is 2.19. The Hall–Kier alpha value is -0.800. The van der Waals surface area contributed by atoms with Crippen LogP contribution in [0.15, 0.2) is 16.9 Å². The third kappa shape index (κ3) is 1.57. The Kier molecular flexibility index (Phi) is 2.61. The summed E-state index contributed by atoms with van der Waals surface area (Å²) in [5.41, 5.74) is 6.59. The molecule has 0 radical (unpaired) electrons. The Morgan fingerprint density at radius 2 is 2.36 bits per heavy atom. The van der Waals surface area contributed by atoms with Crippen LogP contribution in [-0.2, 0) is 13.0 Å². The molecule has 0 aliphatic carbocycles. The predicted octanol–water partition coefficient (Wildman–Crippen LogP) is 1.02. The molecular weight excluding hydrogens is 200 g/mol. The molecule has 76 valence electrons. The first-order valence-corrected chi connectivity index (χ1v) is 5.18. The van der Waals surface area contributed by atoms with Crippen molar-refractivity contribution < 1.29 is 0 Å². The molecule has 2 rings (SSSR count). The Bertz CT molecular complexity index is 400. The minimum atomic E-state index is 0.0301. The molecule has 3 nitrogen and oxygen atoms in total. The molecule has 4 heteroatoms. The van der Waals surface area contributed by atoms with E-state index in [2.05, 4.69) is 0 Å². The summed E-state index contributed by atoms with van der Waals surface area (Å²) in [4.78, 5) is 11.5. The van der Waals surface area contributed by atoms with Gasteiger partial charge in [0.15, 0.2) is 0 Å². The van der Waals surface area contributed by atoms with Gasteiger partial charge in [0.25, 0.3) is 5.56 Å². The molecule has 1 aromatic heterocycles. The second kappa shape index (κ2) is 3.75. The number of nitrogens with zero attached hydrogens (tertiary/aromatic N) is 1. The van der Waals surface area contributed by atoms with Crippen molar-refractivity contribution in [2.75, 3.05) is 6.54 Å². The molecule has 0 amide bonds. The molecule has 2 heterocycles. The number of hydrogen-bond donors (Lipinski definition) is 1. The maximum atomic E-state index is 11.5. The molecule has 0 fully saturated rings. The molecule has 0 bridgehead atoms. The van der Waals surface area contributed by atoms with Gasteiger partial charge in [-0.2, -0.15) is 0 Å². The number of rotatable bonds is 1. The van der Waals surface area contributed by atoms with E-state index in [0.717, 1.165) is 18.5 Å². The molecule has 0 saturated carbocycles. The van der Waals surface area contributed by atoms with Crippen LogP contribution in [-0.4, -0.2) is 11.1 Å². The lowest BCUT2D eigenvalue weighted by Crippen LogP contribution is -2.34. The van der Waals surface area contributed by atoms with Gasteiger partial charge in [0.2, 0.25) is 0 Å². The predicted molar refractivity (Wildman–Crippen MR) is 56.6 cm³/mol. The first-order chi connectivity index (χ1) is 6.72. The highest BCUT2D eigenvalue weighted by molar-refractivity contribution is 6.31. The maximum Gasteiger partial charge on any atom is 0.250 e. The van der Waals surface area contributed by atoms with Gasteiger partial charge >= 0.3 is 0 Å². The van der Waals surface area contributed by atoms with Gasteiger partial charge < -0.3 is 10.3 Å². The van der Waals surface area contributed by atoms with Gasteiger partial charge in [0, 0.05) is 18.3 Å². The Morgan fingerprint density at radius 3 is 3.07 bits per heavy atom. The van der Waals surface area contributed by atoms with Gasteiger partial charge in [-0.15, -0.1) is 0 Å². The van der Waals surface area contributed by atoms with E-state index in [1.54, 1.807) is 10.6 Å². The Morgan fingerprint density at radius 1 is 1.57 bits per heavy atom. The lowest BCUT2D eigenvalue weighted by atomic mass is 9.97. The summed E-state index contributed by atoms with van der Waals surface area (Å²) in [6.45, 7) is 1.35. The number of nitrogens with two attached hydrogens (primary N) is 1. The average molecular weight is 213 g/mol. The number of halogens is 1. The molecule has 1 aliphatic rings. The quantitative estimate of drug-likeness (QED) is 0.756. The minimum Gasteiger partial charge on any atom is -0.330 e. The van der Waals surface area contributed by atoms with Crippen molar-refractivity contribution in [3.8, 4) is 0 Å². The largest absolute Gasteiger partial charge is 0.330 e. The fourth-order valence-electron chi connectivity index (χ4n) is 1.93. The monoisotopic (exact) mass is 212 g/mol. The number of fused-ring (bicyclic) bond motifs is 1. The van der Waals surface area contributed by atoms with Crippen molar-refractivity contribution in [2.45, 2.75) is 19.4 Å². The van der Waals surface area contributed by atoms with Crippen LogP contribution in [0.2, 0.25) is 5.02 Å². The fraction of sp³-hybridized carbons (Fsp3) is 0.500. The van der Waals surface area contributed by atoms with Crippen molar-refractivity contribution in [2.24, 2.45) is 11.7 Å². The van der Waals surface area contributed by atoms with Crippen LogP contribution in [0.4, 0.5) is 0 Å². The summed E-state index contributed by atoms with van der Waals surface area (Å²) in [6, 6.07) is 3.20. The highest BCUT2D eigenvalue weighted by atomic mass is 35.5. The lowest BCUT2D eigenvalue weighted by Gasteiger charge is -2.25. The molecule has 0 aromatic carbocycles. The summed E-state index contributed by atoms with van der Waals surface area (Å²) in [6.07, 6.45) is 1.89. The van der Waals surface area contributed by atoms with Gasteiger partial charge in [-0.25, -0.2) is 0 Å². The number of hydrogen-bond acceptors (Lipinski definition) is 2. The van der Waals surface area contributed by atoms with Gasteiger partial charge in [0.1, 0.15) is 0 Å². The summed E-state index contributed by atoms with van der Waals surface area (Å²) < 4.78 is 1.75. The van der Waals surface area contributed by atoms with Gasteiger partial charge in [-0.1, -0.05) is 11.6 Å². The third-order valence-electron chi connectivity index (χ3n) is 2.80. The number of aromatic nitrogens is 1. The second-order valence-corrected chi connectivity index (χ2v) is 4.12. The van der Waals surface area contributed by atoms with Crippen molar-refractivity contribution >= 4 is 11.6 Å². The summed E-state index contributed by atoms with van der Waals surface area (Å²) in [5, 5.41) is 0.695. The van der Waals surface area contributed by atoms with Crippen molar-refractivity contribution in [3.63, 3.8) is 0 Å². The maximum absolute atomic E-state index is 11.5. The molecule has 0 spiro atoms. The molecule has 2 N–H and O–H groups in total. The molecule has 1 aromatic rings. The Labute approximate surface area is 87.5 Å². The van der Waals surface area contributed by atoms with Gasteiger partial charge in [-0.3, -0.25) is 4.79 Å². The zero-order valence-electron chi connectivity index (χ0n) is 7.87. The minimum absolute atomic E-state index is 0.0301. The third-order valence-corrected chi connectivity index (χ3v) is 3.15. The van der Waals surface area contributed by atoms with Crippen LogP contribution in [0.1, 0.15) is 12.1 Å². The first-order valence-electron chi connectivity index (χ1n) is 4.80. The Balaban J connectivity index is 2.46. The van der Waals surface area contributed by atoms with Crippen LogP contribution >= 0.6 is 11.6 Å². The highest BCUT2D eigenvalue weighted by Gasteiger charge is 2.19. The van der Waals surface area contributed by atoms with Crippen LogP contribution in [0, 0.1) is 5.92 Å². The molecule has 0 saturated heterocycles. The zero-order chi connectivity index (χ0) is 10.1. The summed E-state index contributed by atoms with van der Waals surface area (Å²) >= 11 is 6.01. The smallest absolute Gasteiger partial charge is 0.250 e. The van der Waals surface area contributed by atoms with Crippen LogP contribution in [0.5, 0.6) is 0 Å². The van der Waals surface area contributed by atoms with E-state index in [9.17, 15) is 4.79 Å². The average Bonchev–Trinajstić information content (AvgIpc) is 2.23. The van der Waals surface area contributed by atoms with Gasteiger partial charge in [0.05, 0.1) is 5.02 Å². The second-order valence-electron chi connectivity index (χ2n) is 3.72. The number of pyridine rings is 1. The van der Waals surface area contributed by atoms with E-state index in [1.807, 2.05) is 0 Å².